The smallest absolute Gasteiger partial charge is 0.310 e. The Hall–Kier alpha value is -0.570. The molecule has 3 rings (SSSR count). The average molecular weight is 465 g/mol. The van der Waals surface area contributed by atoms with E-state index in [0.717, 1.165) is 38.4 Å². The molecule has 0 radical (unpaired) electrons. The molecule has 2 heterocycles. The Morgan fingerprint density at radius 1 is 1.40 bits per heavy atom. The lowest BCUT2D eigenvalue weighted by molar-refractivity contribution is -0.149. The molecule has 7 heteroatoms. The molecule has 4 atom stereocenters. The summed E-state index contributed by atoms with van der Waals surface area (Å²) in [4.78, 5) is 18.8. The normalized spacial score (nSPS) is 33.8. The van der Waals surface area contributed by atoms with Crippen LogP contribution in [0.3, 0.4) is 0 Å². The first kappa shape index (κ1) is 20.7. The van der Waals surface area contributed by atoms with Gasteiger partial charge in [0, 0.05) is 44.1 Å². The number of piperidine rings is 1. The number of guanidine groups is 1. The standard InChI is InChI=1S/C18H31N3O3.HI/c1-5-23-16(22)12-7-6-9-21(11-12)17(19-4)20-14-13-8-10-24-15(13)18(14,2)3;/h12-15H,5-11H2,1-4H3,(H,19,20);1H. The van der Waals surface area contributed by atoms with Gasteiger partial charge in [0.15, 0.2) is 5.96 Å². The van der Waals surface area contributed by atoms with Gasteiger partial charge in [-0.25, -0.2) is 0 Å². The first-order valence-corrected chi connectivity index (χ1v) is 9.25. The van der Waals surface area contributed by atoms with Crippen LogP contribution < -0.4 is 5.32 Å². The maximum absolute atomic E-state index is 12.1. The maximum Gasteiger partial charge on any atom is 0.310 e. The van der Waals surface area contributed by atoms with Crippen LogP contribution in [0.1, 0.15) is 40.0 Å². The zero-order valence-electron chi connectivity index (χ0n) is 15.8. The zero-order chi connectivity index (χ0) is 17.3. The summed E-state index contributed by atoms with van der Waals surface area (Å²) in [7, 11) is 1.82. The Morgan fingerprint density at radius 3 is 2.84 bits per heavy atom. The van der Waals surface area contributed by atoms with Crippen LogP contribution in [-0.2, 0) is 14.3 Å². The number of esters is 1. The van der Waals surface area contributed by atoms with Gasteiger partial charge in [-0.2, -0.15) is 0 Å². The van der Waals surface area contributed by atoms with E-state index in [2.05, 4.69) is 29.1 Å². The van der Waals surface area contributed by atoms with Gasteiger partial charge in [0.1, 0.15) is 0 Å². The van der Waals surface area contributed by atoms with Crippen LogP contribution in [0, 0.1) is 17.3 Å². The molecular formula is C18H32IN3O3. The van der Waals surface area contributed by atoms with E-state index in [0.29, 0.717) is 31.2 Å². The van der Waals surface area contributed by atoms with Gasteiger partial charge in [-0.05, 0) is 26.2 Å². The van der Waals surface area contributed by atoms with Crippen molar-refractivity contribution >= 4 is 35.9 Å². The lowest BCUT2D eigenvalue weighted by Gasteiger charge is -2.55. The van der Waals surface area contributed by atoms with Gasteiger partial charge < -0.3 is 19.7 Å². The lowest BCUT2D eigenvalue weighted by atomic mass is 9.57. The number of hydrogen-bond donors (Lipinski definition) is 1. The number of nitrogens with one attached hydrogen (secondary N) is 1. The summed E-state index contributed by atoms with van der Waals surface area (Å²) in [5, 5.41) is 3.67. The van der Waals surface area contributed by atoms with Crippen molar-refractivity contribution in [2.24, 2.45) is 22.2 Å². The summed E-state index contributed by atoms with van der Waals surface area (Å²) < 4.78 is 11.1. The van der Waals surface area contributed by atoms with Crippen LogP contribution in [0.25, 0.3) is 0 Å². The average Bonchev–Trinajstić information content (AvgIpc) is 3.03. The van der Waals surface area contributed by atoms with Crippen LogP contribution in [0.4, 0.5) is 0 Å². The highest BCUT2D eigenvalue weighted by atomic mass is 127. The van der Waals surface area contributed by atoms with Gasteiger partial charge in [-0.15, -0.1) is 24.0 Å². The predicted molar refractivity (Wildman–Crippen MR) is 108 cm³/mol. The van der Waals surface area contributed by atoms with Crippen LogP contribution in [-0.4, -0.2) is 62.3 Å². The van der Waals surface area contributed by atoms with Crippen LogP contribution in [0.2, 0.25) is 0 Å². The number of carbonyl (C=O) groups is 1. The highest BCUT2D eigenvalue weighted by Crippen LogP contribution is 2.52. The molecule has 0 aromatic rings. The van der Waals surface area contributed by atoms with Crippen molar-refractivity contribution in [2.75, 3.05) is 33.4 Å². The van der Waals surface area contributed by atoms with Crippen molar-refractivity contribution in [3.8, 4) is 0 Å². The Morgan fingerprint density at radius 2 is 2.16 bits per heavy atom. The molecule has 144 valence electrons. The van der Waals surface area contributed by atoms with E-state index in [1.54, 1.807) is 0 Å². The summed E-state index contributed by atoms with van der Waals surface area (Å²) in [6.45, 7) is 9.33. The summed E-state index contributed by atoms with van der Waals surface area (Å²) in [6.07, 6.45) is 3.38. The number of nitrogens with zero attached hydrogens (tertiary/aromatic N) is 2. The van der Waals surface area contributed by atoms with E-state index in [-0.39, 0.29) is 41.3 Å². The van der Waals surface area contributed by atoms with Gasteiger partial charge in [-0.3, -0.25) is 9.79 Å². The van der Waals surface area contributed by atoms with Gasteiger partial charge in [0.25, 0.3) is 0 Å². The maximum atomic E-state index is 12.1. The van der Waals surface area contributed by atoms with Crippen molar-refractivity contribution in [2.45, 2.75) is 52.2 Å². The zero-order valence-corrected chi connectivity index (χ0v) is 18.1. The Bertz CT molecular complexity index is 512. The van der Waals surface area contributed by atoms with Crippen molar-refractivity contribution in [1.82, 2.24) is 10.2 Å². The lowest BCUT2D eigenvalue weighted by Crippen LogP contribution is -2.68. The van der Waals surface area contributed by atoms with Crippen molar-refractivity contribution in [1.29, 1.82) is 0 Å². The molecular weight excluding hydrogens is 433 g/mol. The van der Waals surface area contributed by atoms with Crippen molar-refractivity contribution in [3.05, 3.63) is 0 Å². The molecule has 1 N–H and O–H groups in total. The Balaban J connectivity index is 0.00000225. The molecule has 0 spiro atoms. The molecule has 0 aromatic carbocycles. The Kier molecular flexibility index (Phi) is 6.98. The minimum atomic E-state index is -0.0779. The topological polar surface area (TPSA) is 63.2 Å². The quantitative estimate of drug-likeness (QED) is 0.300. The highest BCUT2D eigenvalue weighted by molar-refractivity contribution is 14.0. The van der Waals surface area contributed by atoms with E-state index in [1.807, 2.05) is 14.0 Å². The molecule has 3 aliphatic rings. The minimum Gasteiger partial charge on any atom is -0.466 e. The molecule has 0 bridgehead atoms. The number of fused-ring (bicyclic) bond motifs is 1. The van der Waals surface area contributed by atoms with Gasteiger partial charge >= 0.3 is 5.97 Å². The van der Waals surface area contributed by atoms with Gasteiger partial charge in [0.05, 0.1) is 18.6 Å². The van der Waals surface area contributed by atoms with Gasteiger partial charge in [-0.1, -0.05) is 13.8 Å². The molecule has 1 aliphatic carbocycles. The summed E-state index contributed by atoms with van der Waals surface area (Å²) in [5.74, 6) is 1.36. The fraction of sp³-hybridized carbons (Fsp3) is 0.889. The minimum absolute atomic E-state index is 0. The number of hydrogen-bond acceptors (Lipinski definition) is 4. The highest BCUT2D eigenvalue weighted by Gasteiger charge is 2.59. The second-order valence-electron chi connectivity index (χ2n) is 7.77. The third-order valence-electron chi connectivity index (χ3n) is 5.94. The van der Waals surface area contributed by atoms with Crippen LogP contribution in [0.5, 0.6) is 0 Å². The SMILES string of the molecule is CCOC(=O)C1CCCN(C(=NC)NC2C3CCOC3C2(C)C)C1.I. The van der Waals surface area contributed by atoms with Crippen molar-refractivity contribution in [3.63, 3.8) is 0 Å². The summed E-state index contributed by atoms with van der Waals surface area (Å²) in [5.41, 5.74) is 0.118. The molecule has 4 unspecified atom stereocenters. The summed E-state index contributed by atoms with van der Waals surface area (Å²) >= 11 is 0. The molecule has 0 aromatic heterocycles. The molecule has 0 amide bonds. The van der Waals surface area contributed by atoms with Gasteiger partial charge in [0.2, 0.25) is 0 Å². The predicted octanol–water partition coefficient (Wildman–Crippen LogP) is 2.27. The third-order valence-corrected chi connectivity index (χ3v) is 5.94. The molecule has 2 saturated heterocycles. The van der Waals surface area contributed by atoms with E-state index in [4.69, 9.17) is 9.47 Å². The molecule has 2 aliphatic heterocycles. The van der Waals surface area contributed by atoms with E-state index < -0.39 is 0 Å². The Labute approximate surface area is 168 Å². The molecule has 25 heavy (non-hydrogen) atoms. The summed E-state index contributed by atoms with van der Waals surface area (Å²) in [6, 6.07) is 0.381. The second-order valence-corrected chi connectivity index (χ2v) is 7.77. The monoisotopic (exact) mass is 465 g/mol. The second kappa shape index (κ2) is 8.41. The fourth-order valence-corrected chi connectivity index (χ4v) is 4.68. The number of ether oxygens (including phenoxy) is 2. The molecule has 3 fully saturated rings. The van der Waals surface area contributed by atoms with E-state index in [1.165, 1.54) is 0 Å². The number of likely N-dealkylation sites (tertiary alicyclic amines) is 1. The number of aliphatic imine (C=N–C) groups is 1. The number of carbonyl (C=O) groups excluding carboxylic acids is 1. The van der Waals surface area contributed by atoms with Crippen LogP contribution >= 0.6 is 24.0 Å². The first-order valence-electron chi connectivity index (χ1n) is 9.25. The largest absolute Gasteiger partial charge is 0.466 e. The third kappa shape index (κ3) is 3.91. The first-order chi connectivity index (χ1) is 11.5. The van der Waals surface area contributed by atoms with E-state index >= 15 is 0 Å². The van der Waals surface area contributed by atoms with E-state index in [9.17, 15) is 4.79 Å². The van der Waals surface area contributed by atoms with Crippen LogP contribution in [0.15, 0.2) is 4.99 Å². The fourth-order valence-electron chi connectivity index (χ4n) is 4.68. The molecule has 6 nitrogen and oxygen atoms in total. The van der Waals surface area contributed by atoms with Crippen molar-refractivity contribution < 1.29 is 14.3 Å². The number of rotatable bonds is 3. The molecule has 1 saturated carbocycles. The number of halogens is 1.